The Hall–Kier alpha value is -3.49. The van der Waals surface area contributed by atoms with E-state index in [9.17, 15) is 39.3 Å². The number of Topliss-reactive ketones (excluding diaryl/α,β-unsaturated/α-hetero) is 3. The Kier molecular flexibility index (Phi) is 26.3. The predicted octanol–water partition coefficient (Wildman–Crippen LogP) is 6.68. The molecule has 436 valence electrons. The molecule has 4 heterocycles. The molecule has 4 fully saturated rings. The Labute approximate surface area is 459 Å². The minimum atomic E-state index is -2.48. The van der Waals surface area contributed by atoms with Gasteiger partial charge in [0.25, 0.3) is 11.7 Å². The summed E-state index contributed by atoms with van der Waals surface area (Å²) < 4.78 is 42.4. The molecule has 1 amide bonds. The lowest BCUT2D eigenvalue weighted by Gasteiger charge is -2.43. The summed E-state index contributed by atoms with van der Waals surface area (Å²) in [5, 5.41) is 33.4. The summed E-state index contributed by atoms with van der Waals surface area (Å²) in [6, 6.07) is -1.16. The number of cyclic esters (lactones) is 1. The molecule has 4 aliphatic heterocycles. The van der Waals surface area contributed by atoms with E-state index in [1.807, 2.05) is 58.1 Å². The summed E-state index contributed by atoms with van der Waals surface area (Å²) in [7, 11) is 3.09. The zero-order valence-electron chi connectivity index (χ0n) is 48.1. The van der Waals surface area contributed by atoms with Gasteiger partial charge in [0.1, 0.15) is 30.1 Å². The van der Waals surface area contributed by atoms with Gasteiger partial charge in [-0.3, -0.25) is 24.1 Å². The zero-order chi connectivity index (χ0) is 56.4. The van der Waals surface area contributed by atoms with Gasteiger partial charge in [-0.2, -0.15) is 0 Å². The number of ether oxygens (including phenoxy) is 7. The first-order chi connectivity index (χ1) is 36.7. The van der Waals surface area contributed by atoms with Crippen molar-refractivity contribution in [3.8, 4) is 0 Å². The van der Waals surface area contributed by atoms with Crippen LogP contribution in [0.1, 0.15) is 139 Å². The van der Waals surface area contributed by atoms with Crippen molar-refractivity contribution in [1.82, 2.24) is 9.80 Å². The maximum absolute atomic E-state index is 14.6. The predicted molar refractivity (Wildman–Crippen MR) is 291 cm³/mol. The summed E-state index contributed by atoms with van der Waals surface area (Å²) in [5.41, 5.74) is 1.19. The van der Waals surface area contributed by atoms with Crippen molar-refractivity contribution in [2.75, 3.05) is 66.8 Å². The van der Waals surface area contributed by atoms with Crippen molar-refractivity contribution < 1.29 is 72.5 Å². The van der Waals surface area contributed by atoms with Gasteiger partial charge in [-0.25, -0.2) is 4.79 Å². The molecule has 1 saturated carbocycles. The molecule has 77 heavy (non-hydrogen) atoms. The first kappa shape index (κ1) is 64.3. The van der Waals surface area contributed by atoms with E-state index in [0.717, 1.165) is 51.1 Å². The molecule has 16 atom stereocenters. The molecule has 0 aromatic rings. The van der Waals surface area contributed by atoms with Gasteiger partial charge in [-0.15, -0.1) is 0 Å². The zero-order valence-corrected chi connectivity index (χ0v) is 48.1. The van der Waals surface area contributed by atoms with Crippen LogP contribution < -0.4 is 0 Å². The van der Waals surface area contributed by atoms with Crippen molar-refractivity contribution in [1.29, 1.82) is 0 Å². The normalized spacial score (nSPS) is 38.4. The number of aliphatic hydroxyl groups is 3. The minimum Gasteiger partial charge on any atom is -0.460 e. The monoisotopic (exact) mass is 1080 g/mol. The molecule has 5 rings (SSSR count). The maximum Gasteiger partial charge on any atom is 0.329 e. The Morgan fingerprint density at radius 3 is 2.32 bits per heavy atom. The van der Waals surface area contributed by atoms with Crippen LogP contribution in [0, 0.1) is 35.5 Å². The van der Waals surface area contributed by atoms with Gasteiger partial charge in [0.15, 0.2) is 5.78 Å². The van der Waals surface area contributed by atoms with Crippen molar-refractivity contribution in [2.24, 2.45) is 35.5 Å². The molecular formula is C60H96N2O15. The van der Waals surface area contributed by atoms with Crippen LogP contribution in [0.4, 0.5) is 0 Å². The molecule has 0 radical (unpaired) electrons. The second-order valence-electron chi connectivity index (χ2n) is 23.1. The lowest BCUT2D eigenvalue weighted by atomic mass is 9.78. The highest BCUT2D eigenvalue weighted by Gasteiger charge is 2.53. The Morgan fingerprint density at radius 1 is 0.844 bits per heavy atom. The molecule has 3 saturated heterocycles. The highest BCUT2D eigenvalue weighted by molar-refractivity contribution is 6.39. The van der Waals surface area contributed by atoms with Gasteiger partial charge >= 0.3 is 5.97 Å². The first-order valence-corrected chi connectivity index (χ1v) is 28.8. The number of carbonyl (C=O) groups is 5. The van der Waals surface area contributed by atoms with Crippen LogP contribution in [0.25, 0.3) is 0 Å². The number of allylic oxidation sites excluding steroid dienone is 6. The van der Waals surface area contributed by atoms with Crippen LogP contribution in [-0.4, -0.2) is 182 Å². The number of methoxy groups -OCH3 is 2. The summed E-state index contributed by atoms with van der Waals surface area (Å²) in [5.74, 6) is -8.09. The third-order valence-corrected chi connectivity index (χ3v) is 16.9. The summed E-state index contributed by atoms with van der Waals surface area (Å²) in [6.07, 6.45) is 13.0. The highest BCUT2D eigenvalue weighted by atomic mass is 16.6. The van der Waals surface area contributed by atoms with Crippen molar-refractivity contribution in [2.45, 2.75) is 200 Å². The number of ketones is 3. The molecule has 5 aliphatic rings. The largest absolute Gasteiger partial charge is 0.460 e. The SMILES string of the molecule is CO[C@@H]1C[C@H](C[C@@H](C)[C@@H]2CC(=O)[C@H](C)/C=C(\C)[C@@H](O)[C@@H](OC)C(=O)[C@H](C)C[C@H](C)/C=C/C=C/C=C(\C)C(OCCO)C[C@@H]3CC[C@@H](C)[C@@](O)(O3)C(=O)C(=O)N3CCCCC3C(=O)O2)CC[C@H]1OCCCN1CCO[C@H](C)C1. The van der Waals surface area contributed by atoms with E-state index in [-0.39, 0.29) is 86.7 Å². The molecule has 2 bridgehead atoms. The van der Waals surface area contributed by atoms with Crippen LogP contribution >= 0.6 is 0 Å². The van der Waals surface area contributed by atoms with Crippen LogP contribution in [0.2, 0.25) is 0 Å². The maximum atomic E-state index is 14.6. The number of morpholine rings is 1. The summed E-state index contributed by atoms with van der Waals surface area (Å²) >= 11 is 0. The molecule has 1 aliphatic carbocycles. The molecule has 3 N–H and O–H groups in total. The Bertz CT molecular complexity index is 2040. The van der Waals surface area contributed by atoms with E-state index in [2.05, 4.69) is 11.8 Å². The molecule has 0 aromatic heterocycles. The quantitative estimate of drug-likeness (QED) is 0.0759. The Morgan fingerprint density at radius 2 is 1.61 bits per heavy atom. The van der Waals surface area contributed by atoms with E-state index in [0.29, 0.717) is 57.1 Å². The van der Waals surface area contributed by atoms with Crippen LogP contribution in [0.5, 0.6) is 0 Å². The van der Waals surface area contributed by atoms with E-state index >= 15 is 0 Å². The average molecular weight is 1090 g/mol. The third kappa shape index (κ3) is 18.5. The fraction of sp³-hybridized carbons (Fsp3) is 0.783. The first-order valence-electron chi connectivity index (χ1n) is 28.8. The minimum absolute atomic E-state index is 0.00998. The number of piperidine rings is 1. The van der Waals surface area contributed by atoms with Gasteiger partial charge in [-0.1, -0.05) is 71.1 Å². The second-order valence-corrected chi connectivity index (χ2v) is 23.1. The van der Waals surface area contributed by atoms with Crippen molar-refractivity contribution >= 4 is 29.2 Å². The number of hydrogen-bond donors (Lipinski definition) is 3. The van der Waals surface area contributed by atoms with Crippen LogP contribution in [0.3, 0.4) is 0 Å². The average Bonchev–Trinajstić information content (AvgIpc) is 3.42. The van der Waals surface area contributed by atoms with Crippen molar-refractivity contribution in [3.05, 3.63) is 47.6 Å². The highest BCUT2D eigenvalue weighted by Crippen LogP contribution is 2.38. The summed E-state index contributed by atoms with van der Waals surface area (Å²) in [4.78, 5) is 75.4. The molecular weight excluding hydrogens is 989 g/mol. The van der Waals surface area contributed by atoms with Gasteiger partial charge in [0, 0.05) is 77.6 Å². The fourth-order valence-corrected chi connectivity index (χ4v) is 12.0. The van der Waals surface area contributed by atoms with Crippen LogP contribution in [0.15, 0.2) is 47.6 Å². The second kappa shape index (κ2) is 31.5. The standard InChI is InChI=1S/C60H96N2O15/c1-38-17-12-11-13-18-39(2)51(75-30-27-63)35-47-22-20-44(7)60(70,77-47)57(67)58(68)62-25-15-14-19-48(62)59(69)76-52(36-49(64)40(3)32-43(6)55(66)56(72-10)54(65)42(5)31-38)41(4)33-46-21-23-50(53(34-46)71-9)74-28-16-24-61-26-29-73-45(8)37-61/h11-13,17-18,32,38,40-42,44-48,50-53,55-56,63,66,70H,14-16,19-31,33-37H2,1-10H3/b13-11+,17-12+,39-18+,43-32+/t38-,40-,41-,42-,44-,45-,46+,47+,48?,50-,51?,52+,53-,55-,56+,60-/m1/s1. The van der Waals surface area contributed by atoms with Gasteiger partial charge in [0.2, 0.25) is 5.79 Å². The number of hydrogen-bond acceptors (Lipinski definition) is 16. The number of nitrogens with zero attached hydrogens (tertiary/aromatic N) is 2. The van der Waals surface area contributed by atoms with E-state index < -0.39 is 77.8 Å². The van der Waals surface area contributed by atoms with E-state index in [1.54, 1.807) is 34.0 Å². The number of carbonyl (C=O) groups excluding carboxylic acids is 5. The number of amides is 1. The molecule has 2 unspecified atom stereocenters. The molecule has 0 spiro atoms. The molecule has 0 aromatic carbocycles. The van der Waals surface area contributed by atoms with E-state index in [1.165, 1.54) is 12.0 Å². The number of aliphatic hydroxyl groups excluding tert-OH is 2. The number of esters is 1. The Balaban J connectivity index is 1.41. The van der Waals surface area contributed by atoms with Gasteiger partial charge in [-0.05, 0) is 120 Å². The smallest absolute Gasteiger partial charge is 0.329 e. The third-order valence-electron chi connectivity index (χ3n) is 16.9. The van der Waals surface area contributed by atoms with Gasteiger partial charge in [0.05, 0.1) is 50.3 Å². The lowest BCUT2D eigenvalue weighted by molar-refractivity contribution is -0.266. The number of rotatable bonds is 13. The number of fused-ring (bicyclic) bond motifs is 3. The van der Waals surface area contributed by atoms with Crippen LogP contribution in [-0.2, 0) is 57.1 Å². The lowest BCUT2D eigenvalue weighted by Crippen LogP contribution is -2.61. The molecule has 17 heteroatoms. The summed E-state index contributed by atoms with van der Waals surface area (Å²) in [6.45, 7) is 18.8. The topological polar surface area (TPSA) is 217 Å². The van der Waals surface area contributed by atoms with E-state index in [4.69, 9.17) is 33.2 Å². The fourth-order valence-electron chi connectivity index (χ4n) is 12.0. The van der Waals surface area contributed by atoms with Gasteiger partial charge < -0.3 is 53.4 Å². The molecule has 17 nitrogen and oxygen atoms in total. The van der Waals surface area contributed by atoms with Crippen molar-refractivity contribution in [3.63, 3.8) is 0 Å².